The van der Waals surface area contributed by atoms with Crippen LogP contribution in [0.3, 0.4) is 0 Å². The number of nitrogens with one attached hydrogen (secondary N) is 1. The molecule has 1 aliphatic carbocycles. The quantitative estimate of drug-likeness (QED) is 0.751. The molecule has 1 saturated heterocycles. The number of carbonyl (C=O) groups excluding carboxylic acids is 2. The molecule has 6 nitrogen and oxygen atoms in total. The van der Waals surface area contributed by atoms with Crippen LogP contribution >= 0.6 is 11.6 Å². The van der Waals surface area contributed by atoms with E-state index in [0.717, 1.165) is 39.1 Å². The van der Waals surface area contributed by atoms with Crippen molar-refractivity contribution in [3.63, 3.8) is 0 Å². The van der Waals surface area contributed by atoms with Gasteiger partial charge in [0.05, 0.1) is 18.8 Å². The number of hydrogen-bond acceptors (Lipinski definition) is 5. The Bertz CT molecular complexity index is 655. The average Bonchev–Trinajstić information content (AvgIpc) is 2.72. The van der Waals surface area contributed by atoms with Crippen LogP contribution in [-0.2, 0) is 14.3 Å². The third-order valence-corrected chi connectivity index (χ3v) is 5.71. The molecule has 27 heavy (non-hydrogen) atoms. The number of morpholine rings is 1. The number of rotatable bonds is 6. The van der Waals surface area contributed by atoms with Crippen molar-refractivity contribution in [2.45, 2.75) is 37.6 Å². The van der Waals surface area contributed by atoms with Crippen molar-refractivity contribution in [2.24, 2.45) is 0 Å². The normalized spacial score (nSPS) is 20.0. The molecule has 1 N–H and O–H groups in total. The summed E-state index contributed by atoms with van der Waals surface area (Å²) in [5, 5.41) is 3.44. The summed E-state index contributed by atoms with van der Waals surface area (Å²) in [5.74, 6) is -0.822. The summed E-state index contributed by atoms with van der Waals surface area (Å²) in [6, 6.07) is 6.49. The van der Waals surface area contributed by atoms with Crippen LogP contribution in [0.15, 0.2) is 24.3 Å². The van der Waals surface area contributed by atoms with E-state index in [4.69, 9.17) is 21.1 Å². The van der Waals surface area contributed by atoms with E-state index in [9.17, 15) is 9.59 Å². The standard InChI is InChI=1S/C20H27ClN2O4/c21-17-6-4-5-16(13-17)19(25)27-14-18(24)22-15-20(7-2-1-3-8-20)23-9-11-26-12-10-23/h4-6,13H,1-3,7-12,14-15H2,(H,22,24). The molecule has 0 bridgehead atoms. The molecule has 0 unspecified atom stereocenters. The van der Waals surface area contributed by atoms with Crippen molar-refractivity contribution in [1.29, 1.82) is 0 Å². The third-order valence-electron chi connectivity index (χ3n) is 5.48. The lowest BCUT2D eigenvalue weighted by Crippen LogP contribution is -2.59. The minimum Gasteiger partial charge on any atom is -0.452 e. The first-order chi connectivity index (χ1) is 13.1. The highest BCUT2D eigenvalue weighted by atomic mass is 35.5. The monoisotopic (exact) mass is 394 g/mol. The van der Waals surface area contributed by atoms with Gasteiger partial charge in [0.1, 0.15) is 0 Å². The maximum Gasteiger partial charge on any atom is 0.338 e. The molecule has 148 valence electrons. The van der Waals surface area contributed by atoms with Crippen LogP contribution in [0, 0.1) is 0 Å². The van der Waals surface area contributed by atoms with Gasteiger partial charge in [-0.25, -0.2) is 4.79 Å². The van der Waals surface area contributed by atoms with Crippen molar-refractivity contribution in [3.05, 3.63) is 34.9 Å². The summed E-state index contributed by atoms with van der Waals surface area (Å²) in [6.07, 6.45) is 5.76. The van der Waals surface area contributed by atoms with E-state index in [-0.39, 0.29) is 18.1 Å². The molecule has 0 radical (unpaired) electrons. The number of nitrogens with zero attached hydrogens (tertiary/aromatic N) is 1. The Morgan fingerprint density at radius 1 is 1.19 bits per heavy atom. The molecule has 2 aliphatic rings. The topological polar surface area (TPSA) is 67.9 Å². The second-order valence-corrected chi connectivity index (χ2v) is 7.68. The fourth-order valence-corrected chi connectivity index (χ4v) is 4.19. The van der Waals surface area contributed by atoms with Gasteiger partial charge in [-0.1, -0.05) is 36.9 Å². The summed E-state index contributed by atoms with van der Waals surface area (Å²) in [5.41, 5.74) is 0.335. The zero-order valence-electron chi connectivity index (χ0n) is 15.5. The predicted octanol–water partition coefficient (Wildman–Crippen LogP) is 2.65. The maximum atomic E-state index is 12.3. The first-order valence-electron chi connectivity index (χ1n) is 9.61. The molecule has 2 fully saturated rings. The third kappa shape index (κ3) is 5.43. The highest BCUT2D eigenvalue weighted by molar-refractivity contribution is 6.30. The van der Waals surface area contributed by atoms with Crippen LogP contribution in [0.1, 0.15) is 42.5 Å². The Hall–Kier alpha value is -1.63. The van der Waals surface area contributed by atoms with Gasteiger partial charge in [-0.2, -0.15) is 0 Å². The molecular weight excluding hydrogens is 368 g/mol. The van der Waals surface area contributed by atoms with Crippen molar-refractivity contribution >= 4 is 23.5 Å². The number of benzene rings is 1. The lowest BCUT2D eigenvalue weighted by Gasteiger charge is -2.48. The van der Waals surface area contributed by atoms with Gasteiger partial charge in [0, 0.05) is 30.2 Å². The zero-order valence-corrected chi connectivity index (χ0v) is 16.3. The molecule has 3 rings (SSSR count). The molecule has 7 heteroatoms. The van der Waals surface area contributed by atoms with Crippen LogP contribution in [0.2, 0.25) is 5.02 Å². The van der Waals surface area contributed by atoms with Gasteiger partial charge in [0.25, 0.3) is 5.91 Å². The SMILES string of the molecule is O=C(COC(=O)c1cccc(Cl)c1)NCC1(N2CCOCC2)CCCCC1. The average molecular weight is 395 g/mol. The molecule has 1 saturated carbocycles. The van der Waals surface area contributed by atoms with E-state index in [2.05, 4.69) is 10.2 Å². The first-order valence-corrected chi connectivity index (χ1v) is 9.99. The predicted molar refractivity (Wildman–Crippen MR) is 103 cm³/mol. The van der Waals surface area contributed by atoms with Gasteiger partial charge in [0.2, 0.25) is 0 Å². The fraction of sp³-hybridized carbons (Fsp3) is 0.600. The molecule has 1 aliphatic heterocycles. The number of amides is 1. The van der Waals surface area contributed by atoms with Crippen molar-refractivity contribution in [3.8, 4) is 0 Å². The summed E-state index contributed by atoms with van der Waals surface area (Å²) in [7, 11) is 0. The number of hydrogen-bond donors (Lipinski definition) is 1. The molecule has 1 aromatic rings. The molecule has 0 atom stereocenters. The smallest absolute Gasteiger partial charge is 0.338 e. The Labute approximate surface area is 165 Å². The Morgan fingerprint density at radius 2 is 1.93 bits per heavy atom. The van der Waals surface area contributed by atoms with E-state index >= 15 is 0 Å². The molecule has 1 aromatic carbocycles. The number of esters is 1. The summed E-state index contributed by atoms with van der Waals surface area (Å²) in [6.45, 7) is 3.59. The van der Waals surface area contributed by atoms with Gasteiger partial charge < -0.3 is 14.8 Å². The van der Waals surface area contributed by atoms with E-state index < -0.39 is 5.97 Å². The Balaban J connectivity index is 1.51. The Kier molecular flexibility index (Phi) is 7.10. The van der Waals surface area contributed by atoms with Gasteiger partial charge in [-0.3, -0.25) is 9.69 Å². The van der Waals surface area contributed by atoms with E-state index in [1.54, 1.807) is 18.2 Å². The van der Waals surface area contributed by atoms with Gasteiger partial charge >= 0.3 is 5.97 Å². The number of ether oxygens (including phenoxy) is 2. The summed E-state index contributed by atoms with van der Waals surface area (Å²) in [4.78, 5) is 26.8. The highest BCUT2D eigenvalue weighted by Gasteiger charge is 2.38. The zero-order chi connectivity index (χ0) is 19.1. The van der Waals surface area contributed by atoms with E-state index in [1.807, 2.05) is 0 Å². The molecule has 1 amide bonds. The minimum atomic E-state index is -0.548. The molecule has 0 aromatic heterocycles. The van der Waals surface area contributed by atoms with Crippen LogP contribution in [0.5, 0.6) is 0 Å². The second-order valence-electron chi connectivity index (χ2n) is 7.25. The van der Waals surface area contributed by atoms with Crippen LogP contribution in [0.25, 0.3) is 0 Å². The van der Waals surface area contributed by atoms with Crippen LogP contribution < -0.4 is 5.32 Å². The van der Waals surface area contributed by atoms with Crippen LogP contribution in [-0.4, -0.2) is 61.8 Å². The molecule has 0 spiro atoms. The van der Waals surface area contributed by atoms with E-state index in [1.165, 1.54) is 25.3 Å². The highest BCUT2D eigenvalue weighted by Crippen LogP contribution is 2.33. The largest absolute Gasteiger partial charge is 0.452 e. The van der Waals surface area contributed by atoms with Crippen LogP contribution in [0.4, 0.5) is 0 Å². The maximum absolute atomic E-state index is 12.3. The Morgan fingerprint density at radius 3 is 2.63 bits per heavy atom. The van der Waals surface area contributed by atoms with Crippen molar-refractivity contribution < 1.29 is 19.1 Å². The minimum absolute atomic E-state index is 0.00530. The van der Waals surface area contributed by atoms with Gasteiger partial charge in [0.15, 0.2) is 6.61 Å². The van der Waals surface area contributed by atoms with E-state index in [0.29, 0.717) is 17.1 Å². The van der Waals surface area contributed by atoms with Gasteiger partial charge in [-0.05, 0) is 31.0 Å². The lowest BCUT2D eigenvalue weighted by atomic mass is 9.79. The fourth-order valence-electron chi connectivity index (χ4n) is 4.00. The first kappa shape index (κ1) is 20.1. The number of halogens is 1. The summed E-state index contributed by atoms with van der Waals surface area (Å²) >= 11 is 5.88. The summed E-state index contributed by atoms with van der Waals surface area (Å²) < 4.78 is 10.6. The number of carbonyl (C=O) groups is 2. The molecular formula is C20H27ClN2O4. The van der Waals surface area contributed by atoms with Gasteiger partial charge in [-0.15, -0.1) is 0 Å². The lowest BCUT2D eigenvalue weighted by molar-refractivity contribution is -0.125. The van der Waals surface area contributed by atoms with Crippen molar-refractivity contribution in [2.75, 3.05) is 39.5 Å². The van der Waals surface area contributed by atoms with Crippen molar-refractivity contribution in [1.82, 2.24) is 10.2 Å². The molecule has 1 heterocycles. The second kappa shape index (κ2) is 9.53.